The monoisotopic (exact) mass is 406 g/mol. The molecule has 0 saturated carbocycles. The summed E-state index contributed by atoms with van der Waals surface area (Å²) >= 11 is 0. The third-order valence-electron chi connectivity index (χ3n) is 6.10. The van der Waals surface area contributed by atoms with Gasteiger partial charge in [-0.3, -0.25) is 9.88 Å². The number of likely N-dealkylation sites (tertiary alicyclic amines) is 1. The molecule has 6 heteroatoms. The maximum Gasteiger partial charge on any atom is 0.204 e. The van der Waals surface area contributed by atoms with Gasteiger partial charge in [0, 0.05) is 37.4 Å². The lowest BCUT2D eigenvalue weighted by atomic mass is 10.1. The number of imidazole rings is 1. The lowest BCUT2D eigenvalue weighted by Gasteiger charge is -2.23. The number of aryl methyl sites for hydroxylation is 2. The van der Waals surface area contributed by atoms with Gasteiger partial charge in [0.2, 0.25) is 5.95 Å². The van der Waals surface area contributed by atoms with E-state index in [1.165, 1.54) is 5.56 Å². The van der Waals surface area contributed by atoms with Crippen LogP contribution in [0.4, 0.5) is 5.95 Å². The van der Waals surface area contributed by atoms with E-state index >= 15 is 0 Å². The average molecular weight is 407 g/mol. The number of rotatable bonds is 7. The fourth-order valence-corrected chi connectivity index (χ4v) is 4.16. The number of pyridine rings is 1. The molecule has 30 heavy (non-hydrogen) atoms. The van der Waals surface area contributed by atoms with E-state index in [0.29, 0.717) is 18.5 Å². The van der Waals surface area contributed by atoms with Crippen molar-refractivity contribution in [3.05, 3.63) is 53.3 Å². The van der Waals surface area contributed by atoms with Crippen LogP contribution in [-0.4, -0.2) is 51.2 Å². The van der Waals surface area contributed by atoms with Gasteiger partial charge in [-0.2, -0.15) is 0 Å². The molecule has 0 bridgehead atoms. The molecule has 0 spiro atoms. The summed E-state index contributed by atoms with van der Waals surface area (Å²) in [6.07, 6.45) is 1.11. The number of hydrogen-bond donors (Lipinski definition) is 2. The molecule has 1 fully saturated rings. The minimum Gasteiger partial charge on any atom is -0.352 e. The van der Waals surface area contributed by atoms with Crippen LogP contribution in [0.1, 0.15) is 37.2 Å². The minimum absolute atomic E-state index is 0.226. The summed E-state index contributed by atoms with van der Waals surface area (Å²) in [5.41, 5.74) is 11.8. The molecule has 160 valence electrons. The van der Waals surface area contributed by atoms with Crippen LogP contribution in [0.3, 0.4) is 0 Å². The van der Waals surface area contributed by atoms with Gasteiger partial charge >= 0.3 is 0 Å². The number of nitrogens with two attached hydrogens (primary N) is 1. The first-order chi connectivity index (χ1) is 14.4. The minimum atomic E-state index is 0.226. The average Bonchev–Trinajstić information content (AvgIpc) is 3.27. The summed E-state index contributed by atoms with van der Waals surface area (Å²) in [7, 11) is 0. The van der Waals surface area contributed by atoms with E-state index in [9.17, 15) is 0 Å². The van der Waals surface area contributed by atoms with Gasteiger partial charge in [-0.1, -0.05) is 26.0 Å². The zero-order valence-corrected chi connectivity index (χ0v) is 18.6. The second-order valence-electron chi connectivity index (χ2n) is 9.08. The number of hydrogen-bond acceptors (Lipinski definition) is 5. The Morgan fingerprint density at radius 3 is 2.77 bits per heavy atom. The third-order valence-corrected chi connectivity index (χ3v) is 6.10. The number of fused-ring (bicyclic) bond motifs is 1. The van der Waals surface area contributed by atoms with Gasteiger partial charge in [-0.25, -0.2) is 4.98 Å². The molecule has 3 aromatic rings. The van der Waals surface area contributed by atoms with Gasteiger partial charge in [0.05, 0.1) is 23.3 Å². The summed E-state index contributed by atoms with van der Waals surface area (Å²) in [4.78, 5) is 12.1. The number of anilines is 1. The molecule has 0 amide bonds. The van der Waals surface area contributed by atoms with Crippen LogP contribution in [0.5, 0.6) is 0 Å². The van der Waals surface area contributed by atoms with Gasteiger partial charge in [0.15, 0.2) is 0 Å². The molecule has 3 N–H and O–H groups in total. The predicted octanol–water partition coefficient (Wildman–Crippen LogP) is 3.57. The summed E-state index contributed by atoms with van der Waals surface area (Å²) < 4.78 is 2.27. The lowest BCUT2D eigenvalue weighted by Crippen LogP contribution is -2.40. The van der Waals surface area contributed by atoms with Gasteiger partial charge < -0.3 is 15.6 Å². The molecule has 1 aliphatic rings. The summed E-state index contributed by atoms with van der Waals surface area (Å²) in [6, 6.07) is 13.2. The molecule has 1 saturated heterocycles. The Bertz CT molecular complexity index is 1010. The van der Waals surface area contributed by atoms with Crippen LogP contribution in [0.25, 0.3) is 11.0 Å². The van der Waals surface area contributed by atoms with Gasteiger partial charge in [0.25, 0.3) is 0 Å². The normalized spacial score (nSPS) is 18.4. The van der Waals surface area contributed by atoms with Crippen LogP contribution in [0, 0.1) is 19.8 Å². The number of nitrogens with one attached hydrogen (secondary N) is 1. The van der Waals surface area contributed by atoms with Crippen LogP contribution in [-0.2, 0) is 6.54 Å². The quantitative estimate of drug-likeness (QED) is 0.628. The molecule has 1 aromatic carbocycles. The maximum atomic E-state index is 6.30. The smallest absolute Gasteiger partial charge is 0.204 e. The van der Waals surface area contributed by atoms with Gasteiger partial charge in [-0.15, -0.1) is 0 Å². The zero-order valence-electron chi connectivity index (χ0n) is 18.6. The Morgan fingerprint density at radius 2 is 2.00 bits per heavy atom. The van der Waals surface area contributed by atoms with Crippen LogP contribution >= 0.6 is 0 Å². The summed E-state index contributed by atoms with van der Waals surface area (Å²) in [6.45, 7) is 12.3. The molecule has 1 aliphatic heterocycles. The largest absolute Gasteiger partial charge is 0.352 e. The Balaban J connectivity index is 1.56. The van der Waals surface area contributed by atoms with E-state index in [-0.39, 0.29) is 6.04 Å². The van der Waals surface area contributed by atoms with Crippen molar-refractivity contribution in [2.75, 3.05) is 25.0 Å². The number of benzene rings is 1. The molecule has 2 atom stereocenters. The van der Waals surface area contributed by atoms with E-state index in [1.807, 2.05) is 13.0 Å². The number of nitrogens with zero attached hydrogens (tertiary/aromatic N) is 4. The van der Waals surface area contributed by atoms with E-state index in [4.69, 9.17) is 15.7 Å². The zero-order chi connectivity index (χ0) is 21.3. The number of aromatic nitrogens is 3. The second-order valence-corrected chi connectivity index (χ2v) is 9.08. The van der Waals surface area contributed by atoms with Crippen LogP contribution < -0.4 is 11.1 Å². The highest BCUT2D eigenvalue weighted by atomic mass is 15.3. The first kappa shape index (κ1) is 20.8. The van der Waals surface area contributed by atoms with E-state index in [2.05, 4.69) is 65.9 Å². The van der Waals surface area contributed by atoms with Crippen LogP contribution in [0.2, 0.25) is 0 Å². The Morgan fingerprint density at radius 1 is 1.17 bits per heavy atom. The van der Waals surface area contributed by atoms with Crippen molar-refractivity contribution in [2.45, 2.75) is 52.7 Å². The molecular formula is C24H34N6. The van der Waals surface area contributed by atoms with E-state index in [1.54, 1.807) is 0 Å². The SMILES string of the molecule is Cc1ccc2nc(NC3CCN(CC(N)C(C)C)C3)n(Cc3cccc(C)n3)c2c1. The molecule has 0 aliphatic carbocycles. The van der Waals surface area contributed by atoms with Crippen molar-refractivity contribution < 1.29 is 0 Å². The lowest BCUT2D eigenvalue weighted by molar-refractivity contribution is 0.283. The molecule has 6 nitrogen and oxygen atoms in total. The Labute approximate surface area is 179 Å². The molecule has 2 unspecified atom stereocenters. The van der Waals surface area contributed by atoms with Crippen molar-refractivity contribution >= 4 is 17.0 Å². The predicted molar refractivity (Wildman–Crippen MR) is 124 cm³/mol. The standard InChI is InChI=1S/C24H34N6/c1-16(2)21(25)15-29-11-10-20(13-29)27-24-28-22-9-8-17(3)12-23(22)30(24)14-19-7-5-6-18(4)26-19/h5-9,12,16,20-21H,10-11,13-15,25H2,1-4H3,(H,27,28). The second kappa shape index (κ2) is 8.74. The van der Waals surface area contributed by atoms with Crippen molar-refractivity contribution in [2.24, 2.45) is 11.7 Å². The Hall–Kier alpha value is -2.44. The summed E-state index contributed by atoms with van der Waals surface area (Å²) in [5, 5.41) is 3.73. The highest BCUT2D eigenvalue weighted by Gasteiger charge is 2.26. The molecule has 3 heterocycles. The van der Waals surface area contributed by atoms with Gasteiger partial charge in [0.1, 0.15) is 0 Å². The molecular weight excluding hydrogens is 372 g/mol. The van der Waals surface area contributed by atoms with Crippen molar-refractivity contribution in [1.82, 2.24) is 19.4 Å². The maximum absolute atomic E-state index is 6.30. The van der Waals surface area contributed by atoms with E-state index < -0.39 is 0 Å². The van der Waals surface area contributed by atoms with Crippen LogP contribution in [0.15, 0.2) is 36.4 Å². The topological polar surface area (TPSA) is 72.0 Å². The van der Waals surface area contributed by atoms with Crippen molar-refractivity contribution in [3.63, 3.8) is 0 Å². The molecule has 2 aromatic heterocycles. The first-order valence-electron chi connectivity index (χ1n) is 11.0. The molecule has 4 rings (SSSR count). The van der Waals surface area contributed by atoms with E-state index in [0.717, 1.165) is 54.4 Å². The fraction of sp³-hybridized carbons (Fsp3) is 0.500. The van der Waals surface area contributed by atoms with Crippen molar-refractivity contribution in [3.8, 4) is 0 Å². The van der Waals surface area contributed by atoms with Gasteiger partial charge in [-0.05, 0) is 56.0 Å². The highest BCUT2D eigenvalue weighted by Crippen LogP contribution is 2.24. The fourth-order valence-electron chi connectivity index (χ4n) is 4.16. The highest BCUT2D eigenvalue weighted by molar-refractivity contribution is 5.79. The van der Waals surface area contributed by atoms with Crippen molar-refractivity contribution in [1.29, 1.82) is 0 Å². The molecule has 0 radical (unpaired) electrons. The Kier molecular flexibility index (Phi) is 6.06. The first-order valence-corrected chi connectivity index (χ1v) is 11.0. The summed E-state index contributed by atoms with van der Waals surface area (Å²) in [5.74, 6) is 1.44. The third kappa shape index (κ3) is 4.65.